The quantitative estimate of drug-likeness (QED) is 0.301. The fraction of sp³-hybridized carbons (Fsp3) is 0.567. The lowest BCUT2D eigenvalue weighted by Gasteiger charge is -2.28. The summed E-state index contributed by atoms with van der Waals surface area (Å²) in [6.45, 7) is 5.59. The zero-order valence-corrected chi connectivity index (χ0v) is 21.8. The van der Waals surface area contributed by atoms with Crippen LogP contribution >= 0.6 is 0 Å². The van der Waals surface area contributed by atoms with Crippen molar-refractivity contribution in [2.75, 3.05) is 19.7 Å². The predicted molar refractivity (Wildman–Crippen MR) is 141 cm³/mol. The second kappa shape index (κ2) is 14.5. The Hall–Kier alpha value is -2.28. The third kappa shape index (κ3) is 8.99. The van der Waals surface area contributed by atoms with Crippen LogP contribution < -0.4 is 0 Å². The minimum absolute atomic E-state index is 0.118. The summed E-state index contributed by atoms with van der Waals surface area (Å²) in [6.07, 6.45) is 7.13. The lowest BCUT2D eigenvalue weighted by atomic mass is 9.97. The lowest BCUT2D eigenvalue weighted by molar-refractivity contribution is -0.137. The summed E-state index contributed by atoms with van der Waals surface area (Å²) in [6, 6.07) is 14.1. The van der Waals surface area contributed by atoms with Gasteiger partial charge in [0.2, 0.25) is 0 Å². The van der Waals surface area contributed by atoms with Crippen molar-refractivity contribution < 1.29 is 24.1 Å². The molecular formula is C30H42FNO4. The van der Waals surface area contributed by atoms with Gasteiger partial charge in [-0.05, 0) is 87.2 Å². The van der Waals surface area contributed by atoms with Gasteiger partial charge in [0.25, 0.3) is 0 Å². The highest BCUT2D eigenvalue weighted by Gasteiger charge is 2.27. The minimum atomic E-state index is -0.726. The van der Waals surface area contributed by atoms with Crippen molar-refractivity contribution in [1.82, 2.24) is 4.90 Å². The van der Waals surface area contributed by atoms with Crippen molar-refractivity contribution in [1.29, 1.82) is 0 Å². The van der Waals surface area contributed by atoms with Crippen molar-refractivity contribution in [2.45, 2.75) is 89.9 Å². The zero-order valence-electron chi connectivity index (χ0n) is 21.8. The topological polar surface area (TPSA) is 70.0 Å². The van der Waals surface area contributed by atoms with E-state index in [1.807, 2.05) is 31.2 Å². The Bertz CT molecular complexity index is 966. The first kappa shape index (κ1) is 28.3. The predicted octanol–water partition coefficient (Wildman–Crippen LogP) is 5.86. The highest BCUT2D eigenvalue weighted by Crippen LogP contribution is 2.25. The van der Waals surface area contributed by atoms with Crippen LogP contribution in [0.3, 0.4) is 0 Å². The van der Waals surface area contributed by atoms with Crippen LogP contribution in [0.2, 0.25) is 0 Å². The molecule has 198 valence electrons. The van der Waals surface area contributed by atoms with E-state index < -0.39 is 12.1 Å². The highest BCUT2D eigenvalue weighted by molar-refractivity contribution is 5.66. The van der Waals surface area contributed by atoms with Gasteiger partial charge in [0.1, 0.15) is 5.82 Å². The third-order valence-electron chi connectivity index (χ3n) is 7.27. The van der Waals surface area contributed by atoms with Gasteiger partial charge < -0.3 is 14.9 Å². The molecule has 0 aliphatic carbocycles. The summed E-state index contributed by atoms with van der Waals surface area (Å²) in [5.74, 6) is -0.881. The van der Waals surface area contributed by atoms with E-state index in [1.165, 1.54) is 5.56 Å². The van der Waals surface area contributed by atoms with Crippen LogP contribution in [0.25, 0.3) is 0 Å². The number of carboxylic acid groups (broad SMARTS) is 1. The molecule has 0 saturated carbocycles. The number of aryl methyl sites for hydroxylation is 2. The van der Waals surface area contributed by atoms with Gasteiger partial charge >= 0.3 is 5.97 Å². The Kier molecular flexibility index (Phi) is 11.4. The van der Waals surface area contributed by atoms with Gasteiger partial charge in [-0.2, -0.15) is 0 Å². The van der Waals surface area contributed by atoms with Crippen LogP contribution in [0.1, 0.15) is 80.2 Å². The number of aliphatic hydroxyl groups is 1. The van der Waals surface area contributed by atoms with Gasteiger partial charge in [0.15, 0.2) is 0 Å². The molecule has 2 N–H and O–H groups in total. The number of benzene rings is 2. The maximum absolute atomic E-state index is 14.0. The Morgan fingerprint density at radius 1 is 1.17 bits per heavy atom. The summed E-state index contributed by atoms with van der Waals surface area (Å²) in [5, 5.41) is 19.5. The molecule has 1 heterocycles. The molecule has 1 aliphatic rings. The van der Waals surface area contributed by atoms with Crippen LogP contribution in [0, 0.1) is 12.7 Å². The van der Waals surface area contributed by atoms with E-state index in [1.54, 1.807) is 13.0 Å². The number of likely N-dealkylation sites (tertiary alicyclic amines) is 1. The monoisotopic (exact) mass is 499 g/mol. The molecule has 6 heteroatoms. The molecular weight excluding hydrogens is 457 g/mol. The molecule has 36 heavy (non-hydrogen) atoms. The maximum Gasteiger partial charge on any atom is 0.303 e. The van der Waals surface area contributed by atoms with Crippen molar-refractivity contribution >= 4 is 5.97 Å². The first-order valence-electron chi connectivity index (χ1n) is 13.4. The zero-order chi connectivity index (χ0) is 25.9. The number of β-amino-alcohol motifs (C(OH)–C–C–N with tert-alkyl or cyclic N) is 1. The first-order chi connectivity index (χ1) is 17.3. The van der Waals surface area contributed by atoms with Gasteiger partial charge in [-0.3, -0.25) is 9.69 Å². The normalized spacial score (nSPS) is 17.8. The van der Waals surface area contributed by atoms with Crippen LogP contribution in [0.4, 0.5) is 4.39 Å². The molecule has 0 amide bonds. The van der Waals surface area contributed by atoms with Crippen molar-refractivity contribution in [3.8, 4) is 0 Å². The van der Waals surface area contributed by atoms with Gasteiger partial charge in [-0.1, -0.05) is 49.2 Å². The second-order valence-corrected chi connectivity index (χ2v) is 10.2. The number of aliphatic hydroxyl groups excluding tert-OH is 1. The van der Waals surface area contributed by atoms with Crippen molar-refractivity contribution in [2.24, 2.45) is 0 Å². The fourth-order valence-corrected chi connectivity index (χ4v) is 5.17. The van der Waals surface area contributed by atoms with E-state index in [-0.39, 0.29) is 24.9 Å². The van der Waals surface area contributed by atoms with E-state index in [9.17, 15) is 14.3 Å². The second-order valence-electron chi connectivity index (χ2n) is 10.2. The van der Waals surface area contributed by atoms with Crippen LogP contribution in [-0.2, 0) is 22.4 Å². The number of carbonyl (C=O) groups is 1. The van der Waals surface area contributed by atoms with E-state index >= 15 is 0 Å². The summed E-state index contributed by atoms with van der Waals surface area (Å²) in [7, 11) is 0. The number of hydrogen-bond acceptors (Lipinski definition) is 4. The van der Waals surface area contributed by atoms with Crippen LogP contribution in [-0.4, -0.2) is 52.9 Å². The average molecular weight is 500 g/mol. The number of unbranched alkanes of at least 4 members (excludes halogenated alkanes) is 3. The number of rotatable bonds is 15. The summed E-state index contributed by atoms with van der Waals surface area (Å²) in [4.78, 5) is 13.0. The molecule has 1 aliphatic heterocycles. The Morgan fingerprint density at radius 2 is 1.94 bits per heavy atom. The number of ether oxygens (including phenoxy) is 1. The summed E-state index contributed by atoms with van der Waals surface area (Å²) >= 11 is 0. The third-order valence-corrected chi connectivity index (χ3v) is 7.27. The molecule has 2 aromatic rings. The smallest absolute Gasteiger partial charge is 0.303 e. The van der Waals surface area contributed by atoms with Crippen molar-refractivity contribution in [3.63, 3.8) is 0 Å². The first-order valence-corrected chi connectivity index (χ1v) is 13.4. The van der Waals surface area contributed by atoms with E-state index in [2.05, 4.69) is 17.0 Å². The standard InChI is InChI=1S/C30H42FNO4/c1-22-15-16-24(19-29(22)31)18-26-12-9-17-32(26)20-27(33)21-36-23(2)28-13-8-7-11-25(28)10-5-3-4-6-14-30(34)35/h7-8,11,13,15-16,19,23,26-27,33H,3-6,9-10,12,14,17-18,20-21H2,1-2H3,(H,34,35)/t23-,26+,27-/m1/s1. The minimum Gasteiger partial charge on any atom is -0.481 e. The number of halogens is 1. The molecule has 0 radical (unpaired) electrons. The summed E-state index contributed by atoms with van der Waals surface area (Å²) < 4.78 is 20.1. The molecule has 0 bridgehead atoms. The molecule has 0 aromatic heterocycles. The van der Waals surface area contributed by atoms with E-state index in [0.717, 1.165) is 69.0 Å². The van der Waals surface area contributed by atoms with E-state index in [4.69, 9.17) is 9.84 Å². The molecule has 3 atom stereocenters. The van der Waals surface area contributed by atoms with Crippen LogP contribution in [0.15, 0.2) is 42.5 Å². The van der Waals surface area contributed by atoms with E-state index in [0.29, 0.717) is 18.2 Å². The van der Waals surface area contributed by atoms with Gasteiger partial charge in [-0.15, -0.1) is 0 Å². The van der Waals surface area contributed by atoms with Gasteiger partial charge in [-0.25, -0.2) is 4.39 Å². The Balaban J connectivity index is 1.44. The highest BCUT2D eigenvalue weighted by atomic mass is 19.1. The number of aliphatic carboxylic acids is 1. The Morgan fingerprint density at radius 3 is 2.72 bits per heavy atom. The lowest BCUT2D eigenvalue weighted by Crippen LogP contribution is -2.39. The molecule has 2 aromatic carbocycles. The molecule has 3 rings (SSSR count). The number of hydrogen-bond donors (Lipinski definition) is 2. The molecule has 0 spiro atoms. The van der Waals surface area contributed by atoms with Gasteiger partial charge in [0.05, 0.1) is 18.8 Å². The maximum atomic E-state index is 14.0. The number of carboxylic acids is 1. The molecule has 1 fully saturated rings. The average Bonchev–Trinajstić information content (AvgIpc) is 3.28. The van der Waals surface area contributed by atoms with Crippen molar-refractivity contribution in [3.05, 3.63) is 70.5 Å². The Labute approximate surface area is 215 Å². The number of nitrogens with zero attached hydrogens (tertiary/aromatic N) is 1. The fourth-order valence-electron chi connectivity index (χ4n) is 5.17. The van der Waals surface area contributed by atoms with Gasteiger partial charge in [0, 0.05) is 19.0 Å². The summed E-state index contributed by atoms with van der Waals surface area (Å²) in [5.41, 5.74) is 4.08. The largest absolute Gasteiger partial charge is 0.481 e. The molecule has 1 saturated heterocycles. The van der Waals surface area contributed by atoms with Crippen LogP contribution in [0.5, 0.6) is 0 Å². The SMILES string of the molecule is Cc1ccc(C[C@@H]2CCCN2C[C@@H](O)CO[C@H](C)c2ccccc2CCCCCCC(=O)O)cc1F. The molecule has 5 nitrogen and oxygen atoms in total. The molecule has 0 unspecified atom stereocenters.